The number of allylic oxidation sites excluding steroid dienone is 3. The van der Waals surface area contributed by atoms with Gasteiger partial charge in [0.25, 0.3) is 0 Å². The molecule has 85 heavy (non-hydrogen) atoms. The van der Waals surface area contributed by atoms with Gasteiger partial charge in [0.2, 0.25) is 5.91 Å². The number of aliphatic hydroxyl groups is 2. The lowest BCUT2D eigenvalue weighted by molar-refractivity contribution is -0.143. The Morgan fingerprint density at radius 2 is 0.553 bits per heavy atom. The number of hydrogen-bond donors (Lipinski definition) is 3. The van der Waals surface area contributed by atoms with Crippen LogP contribution in [0, 0.1) is 0 Å². The average molecular weight is 1200 g/mol. The van der Waals surface area contributed by atoms with Gasteiger partial charge in [-0.25, -0.2) is 0 Å². The molecule has 0 spiro atoms. The highest BCUT2D eigenvalue weighted by Crippen LogP contribution is 2.20. The molecule has 0 radical (unpaired) electrons. The molecular formula is C79H153NO5. The quantitative estimate of drug-likeness (QED) is 0.0320. The van der Waals surface area contributed by atoms with Crippen molar-refractivity contribution in [3.05, 3.63) is 24.3 Å². The van der Waals surface area contributed by atoms with Crippen LogP contribution in [0.5, 0.6) is 0 Å². The van der Waals surface area contributed by atoms with Gasteiger partial charge in [-0.3, -0.25) is 9.59 Å². The molecule has 0 aliphatic rings. The molecule has 0 aliphatic heterocycles. The van der Waals surface area contributed by atoms with Gasteiger partial charge in [0.15, 0.2) is 0 Å². The molecule has 2 atom stereocenters. The summed E-state index contributed by atoms with van der Waals surface area (Å²) in [5.41, 5.74) is 0. The fourth-order valence-electron chi connectivity index (χ4n) is 12.5. The van der Waals surface area contributed by atoms with Crippen LogP contribution in [-0.2, 0) is 14.3 Å². The van der Waals surface area contributed by atoms with Crippen LogP contribution in [0.25, 0.3) is 0 Å². The maximum atomic E-state index is 12.5. The fraction of sp³-hybridized carbons (Fsp3) is 0.924. The molecule has 0 aromatic carbocycles. The third kappa shape index (κ3) is 71.3. The molecule has 0 saturated heterocycles. The van der Waals surface area contributed by atoms with Gasteiger partial charge in [-0.05, 0) is 57.8 Å². The number of nitrogens with one attached hydrogen (secondary N) is 1. The second-order valence-corrected chi connectivity index (χ2v) is 27.0. The van der Waals surface area contributed by atoms with E-state index in [4.69, 9.17) is 4.74 Å². The summed E-state index contributed by atoms with van der Waals surface area (Å²) in [6.07, 6.45) is 95.8. The second kappa shape index (κ2) is 74.8. The zero-order chi connectivity index (χ0) is 61.3. The number of esters is 1. The van der Waals surface area contributed by atoms with Crippen LogP contribution in [0.4, 0.5) is 0 Å². The van der Waals surface area contributed by atoms with Crippen molar-refractivity contribution in [1.29, 1.82) is 0 Å². The van der Waals surface area contributed by atoms with Crippen LogP contribution in [0.2, 0.25) is 0 Å². The molecule has 504 valence electrons. The second-order valence-electron chi connectivity index (χ2n) is 27.0. The standard InChI is InChI=1S/C79H153NO5/c1-3-5-7-9-11-13-15-17-19-21-23-36-39-43-47-51-55-59-63-67-71-77(82)76(75-81)80-78(83)72-68-64-60-56-52-48-44-40-37-34-32-30-28-26-24-25-27-29-31-33-35-38-42-46-50-54-58-62-66-70-74-85-79(84)73-69-65-61-57-53-49-45-41-22-20-18-16-14-12-10-8-6-4-2/h25,27,67,71,76-77,81-82H,3-24,26,28-66,68-70,72-75H2,1-2H3,(H,80,83)/b27-25-,71-67+. The summed E-state index contributed by atoms with van der Waals surface area (Å²) in [6, 6.07) is -0.627. The molecule has 2 unspecified atom stereocenters. The lowest BCUT2D eigenvalue weighted by Gasteiger charge is -2.20. The lowest BCUT2D eigenvalue weighted by atomic mass is 10.0. The normalized spacial score (nSPS) is 12.6. The minimum absolute atomic E-state index is 0.0223. The molecule has 0 rings (SSSR count). The zero-order valence-corrected chi connectivity index (χ0v) is 57.9. The van der Waals surface area contributed by atoms with Crippen molar-refractivity contribution in [3.8, 4) is 0 Å². The minimum Gasteiger partial charge on any atom is -0.466 e. The van der Waals surface area contributed by atoms with Gasteiger partial charge in [0, 0.05) is 12.8 Å². The summed E-state index contributed by atoms with van der Waals surface area (Å²) in [5, 5.41) is 23.3. The van der Waals surface area contributed by atoms with Crippen LogP contribution in [0.3, 0.4) is 0 Å². The van der Waals surface area contributed by atoms with E-state index in [-0.39, 0.29) is 18.5 Å². The van der Waals surface area contributed by atoms with Crippen molar-refractivity contribution in [2.24, 2.45) is 0 Å². The molecule has 6 nitrogen and oxygen atoms in total. The summed E-state index contributed by atoms with van der Waals surface area (Å²) >= 11 is 0. The fourth-order valence-corrected chi connectivity index (χ4v) is 12.5. The number of carbonyl (C=O) groups is 2. The summed E-state index contributed by atoms with van der Waals surface area (Å²) < 4.78 is 5.52. The van der Waals surface area contributed by atoms with E-state index in [0.717, 1.165) is 38.5 Å². The number of aliphatic hydroxyl groups excluding tert-OH is 2. The van der Waals surface area contributed by atoms with Gasteiger partial charge >= 0.3 is 5.97 Å². The van der Waals surface area contributed by atoms with Crippen LogP contribution in [0.1, 0.15) is 444 Å². The first-order chi connectivity index (χ1) is 42.0. The van der Waals surface area contributed by atoms with Gasteiger partial charge in [0.05, 0.1) is 25.4 Å². The smallest absolute Gasteiger partial charge is 0.305 e. The molecule has 0 aromatic heterocycles. The Bertz CT molecular complexity index is 1330. The number of amides is 1. The molecular weight excluding hydrogens is 1040 g/mol. The van der Waals surface area contributed by atoms with Crippen LogP contribution >= 0.6 is 0 Å². The highest BCUT2D eigenvalue weighted by Gasteiger charge is 2.18. The molecule has 0 saturated carbocycles. The molecule has 0 aromatic rings. The predicted octanol–water partition coefficient (Wildman–Crippen LogP) is 25.7. The van der Waals surface area contributed by atoms with E-state index < -0.39 is 12.1 Å². The SMILES string of the molecule is CCCCCCCCCCCCCCCCCCCC/C=C/C(O)C(CO)NC(=O)CCCCCCCCCCCCCCCC/C=C\CCCCCCCCCCCCCCOC(=O)CCCCCCCCCCCCCCCCCCCC. The van der Waals surface area contributed by atoms with Crippen LogP contribution in [-0.4, -0.2) is 47.4 Å². The summed E-state index contributed by atoms with van der Waals surface area (Å²) in [7, 11) is 0. The van der Waals surface area contributed by atoms with E-state index in [0.29, 0.717) is 19.4 Å². The highest BCUT2D eigenvalue weighted by molar-refractivity contribution is 5.76. The Labute approximate surface area is 532 Å². The van der Waals surface area contributed by atoms with Crippen molar-refractivity contribution in [3.63, 3.8) is 0 Å². The summed E-state index contributed by atoms with van der Waals surface area (Å²) in [4.78, 5) is 24.7. The van der Waals surface area contributed by atoms with Crippen molar-refractivity contribution >= 4 is 11.9 Å². The first-order valence-corrected chi connectivity index (χ1v) is 39.1. The third-order valence-electron chi connectivity index (χ3n) is 18.5. The van der Waals surface area contributed by atoms with E-state index in [1.54, 1.807) is 6.08 Å². The summed E-state index contributed by atoms with van der Waals surface area (Å²) in [6.45, 7) is 4.96. The zero-order valence-electron chi connectivity index (χ0n) is 57.9. The Morgan fingerprint density at radius 1 is 0.318 bits per heavy atom. The lowest BCUT2D eigenvalue weighted by Crippen LogP contribution is -2.45. The van der Waals surface area contributed by atoms with Gasteiger partial charge in [0.1, 0.15) is 0 Å². The molecule has 0 heterocycles. The topological polar surface area (TPSA) is 95.9 Å². The number of ether oxygens (including phenoxy) is 1. The van der Waals surface area contributed by atoms with Gasteiger partial charge in [-0.2, -0.15) is 0 Å². The van der Waals surface area contributed by atoms with Crippen molar-refractivity contribution in [1.82, 2.24) is 5.32 Å². The largest absolute Gasteiger partial charge is 0.466 e. The molecule has 1 amide bonds. The van der Waals surface area contributed by atoms with Gasteiger partial charge in [-0.1, -0.05) is 398 Å². The molecule has 0 bridgehead atoms. The Kier molecular flexibility index (Phi) is 73.3. The number of rotatable bonds is 74. The van der Waals surface area contributed by atoms with Crippen LogP contribution < -0.4 is 5.32 Å². The van der Waals surface area contributed by atoms with Crippen molar-refractivity contribution in [2.75, 3.05) is 13.2 Å². The monoisotopic (exact) mass is 1200 g/mol. The Hall–Kier alpha value is -1.66. The van der Waals surface area contributed by atoms with Crippen molar-refractivity contribution < 1.29 is 24.5 Å². The number of unbranched alkanes of at least 4 members (excludes halogenated alkanes) is 61. The third-order valence-corrected chi connectivity index (χ3v) is 18.5. The van der Waals surface area contributed by atoms with Gasteiger partial charge < -0.3 is 20.3 Å². The van der Waals surface area contributed by atoms with E-state index in [2.05, 4.69) is 31.3 Å². The van der Waals surface area contributed by atoms with Crippen molar-refractivity contribution in [2.45, 2.75) is 456 Å². The number of hydrogen-bond acceptors (Lipinski definition) is 5. The van der Waals surface area contributed by atoms with Gasteiger partial charge in [-0.15, -0.1) is 0 Å². The van der Waals surface area contributed by atoms with E-state index in [9.17, 15) is 19.8 Å². The molecule has 3 N–H and O–H groups in total. The maximum absolute atomic E-state index is 12.5. The van der Waals surface area contributed by atoms with E-state index in [1.165, 1.54) is 379 Å². The Morgan fingerprint density at radius 3 is 0.835 bits per heavy atom. The predicted molar refractivity (Wildman–Crippen MR) is 375 cm³/mol. The number of carbonyl (C=O) groups excluding carboxylic acids is 2. The Balaban J connectivity index is 3.37. The molecule has 0 aliphatic carbocycles. The average Bonchev–Trinajstić information content (AvgIpc) is 3.51. The maximum Gasteiger partial charge on any atom is 0.305 e. The first kappa shape index (κ1) is 83.3. The summed E-state index contributed by atoms with van der Waals surface area (Å²) in [5.74, 6) is -0.0397. The molecule has 6 heteroatoms. The first-order valence-electron chi connectivity index (χ1n) is 39.1. The molecule has 0 fully saturated rings. The minimum atomic E-state index is -0.844. The highest BCUT2D eigenvalue weighted by atomic mass is 16.5. The van der Waals surface area contributed by atoms with E-state index >= 15 is 0 Å². The van der Waals surface area contributed by atoms with Crippen LogP contribution in [0.15, 0.2) is 24.3 Å². The van der Waals surface area contributed by atoms with E-state index in [1.807, 2.05) is 6.08 Å².